The summed E-state index contributed by atoms with van der Waals surface area (Å²) in [6.07, 6.45) is -0.572. The van der Waals surface area contributed by atoms with Crippen LogP contribution in [-0.4, -0.2) is 18.0 Å². The predicted molar refractivity (Wildman–Crippen MR) is 88.8 cm³/mol. The van der Waals surface area contributed by atoms with Gasteiger partial charge in [-0.15, -0.1) is 0 Å². The Morgan fingerprint density at radius 2 is 1.39 bits per heavy atom. The van der Waals surface area contributed by atoms with Crippen LogP contribution >= 0.6 is 0 Å². The molecule has 3 rings (SSSR count). The van der Waals surface area contributed by atoms with Crippen molar-refractivity contribution in [3.05, 3.63) is 71.8 Å². The van der Waals surface area contributed by atoms with Gasteiger partial charge in [0, 0.05) is 0 Å². The highest BCUT2D eigenvalue weighted by Gasteiger charge is 2.53. The van der Waals surface area contributed by atoms with Crippen LogP contribution in [0.1, 0.15) is 31.9 Å². The smallest absolute Gasteiger partial charge is 0.163 e. The number of ether oxygens (including phenoxy) is 2. The molecule has 0 amide bonds. The zero-order valence-electron chi connectivity index (χ0n) is 13.7. The topological polar surface area (TPSA) is 42.2 Å². The van der Waals surface area contributed by atoms with E-state index >= 15 is 0 Å². The third-order valence-electron chi connectivity index (χ3n) is 4.37. The van der Waals surface area contributed by atoms with Gasteiger partial charge in [0.2, 0.25) is 0 Å². The molecular formula is C20H21NO2. The zero-order valence-corrected chi connectivity index (χ0v) is 13.7. The van der Waals surface area contributed by atoms with Crippen molar-refractivity contribution in [3.63, 3.8) is 0 Å². The average molecular weight is 307 g/mol. The first-order valence-electron chi connectivity index (χ1n) is 7.87. The predicted octanol–water partition coefficient (Wildman–Crippen LogP) is 4.04. The van der Waals surface area contributed by atoms with Gasteiger partial charge in [0.25, 0.3) is 0 Å². The van der Waals surface area contributed by atoms with Crippen LogP contribution in [0.25, 0.3) is 0 Å². The number of rotatable bonds is 3. The van der Waals surface area contributed by atoms with Gasteiger partial charge in [0.1, 0.15) is 11.5 Å². The largest absolute Gasteiger partial charge is 0.345 e. The minimum absolute atomic E-state index is 0.190. The third-order valence-corrected chi connectivity index (χ3v) is 4.37. The van der Waals surface area contributed by atoms with Crippen molar-refractivity contribution in [1.29, 1.82) is 5.26 Å². The van der Waals surface area contributed by atoms with E-state index in [1.165, 1.54) is 0 Å². The van der Waals surface area contributed by atoms with Crippen LogP contribution in [-0.2, 0) is 14.9 Å². The van der Waals surface area contributed by atoms with E-state index in [0.717, 1.165) is 11.1 Å². The number of hydrogen-bond donors (Lipinski definition) is 0. The van der Waals surface area contributed by atoms with Gasteiger partial charge in [-0.1, -0.05) is 60.7 Å². The van der Waals surface area contributed by atoms with Crippen molar-refractivity contribution in [2.45, 2.75) is 44.2 Å². The van der Waals surface area contributed by atoms with Crippen molar-refractivity contribution < 1.29 is 9.47 Å². The molecule has 1 aliphatic rings. The lowest BCUT2D eigenvalue weighted by Crippen LogP contribution is -2.44. The zero-order chi connectivity index (χ0) is 16.5. The molecule has 0 saturated carbocycles. The van der Waals surface area contributed by atoms with E-state index in [-0.39, 0.29) is 12.2 Å². The fourth-order valence-corrected chi connectivity index (χ4v) is 3.47. The quantitative estimate of drug-likeness (QED) is 0.859. The Labute approximate surface area is 137 Å². The summed E-state index contributed by atoms with van der Waals surface area (Å²) >= 11 is 0. The SMILES string of the molecule is C[C@@H]1OC(C)(C)O[C@H]1C(C#N)(c1ccccc1)c1ccccc1. The summed E-state index contributed by atoms with van der Waals surface area (Å²) in [5.74, 6) is -0.699. The monoisotopic (exact) mass is 307 g/mol. The van der Waals surface area contributed by atoms with Crippen molar-refractivity contribution >= 4 is 0 Å². The Morgan fingerprint density at radius 3 is 1.74 bits per heavy atom. The molecule has 1 heterocycles. The molecule has 1 saturated heterocycles. The molecule has 0 unspecified atom stereocenters. The summed E-state index contributed by atoms with van der Waals surface area (Å²) in [6.45, 7) is 5.75. The molecule has 2 aromatic carbocycles. The summed E-state index contributed by atoms with van der Waals surface area (Å²) in [6, 6.07) is 22.2. The Hall–Kier alpha value is -2.15. The van der Waals surface area contributed by atoms with Crippen molar-refractivity contribution in [2.75, 3.05) is 0 Å². The van der Waals surface area contributed by atoms with E-state index < -0.39 is 11.2 Å². The second-order valence-corrected chi connectivity index (χ2v) is 6.41. The minimum Gasteiger partial charge on any atom is -0.345 e. The molecule has 0 aromatic heterocycles. The van der Waals surface area contributed by atoms with Crippen LogP contribution in [0.3, 0.4) is 0 Å². The van der Waals surface area contributed by atoms with Gasteiger partial charge < -0.3 is 9.47 Å². The van der Waals surface area contributed by atoms with E-state index in [2.05, 4.69) is 6.07 Å². The molecule has 0 aliphatic carbocycles. The minimum atomic E-state index is -0.907. The van der Waals surface area contributed by atoms with Crippen molar-refractivity contribution in [3.8, 4) is 6.07 Å². The Kier molecular flexibility index (Phi) is 3.97. The summed E-state index contributed by atoms with van der Waals surface area (Å²) in [5.41, 5.74) is 0.939. The molecule has 3 nitrogen and oxygen atoms in total. The molecule has 118 valence electrons. The maximum absolute atomic E-state index is 10.2. The first kappa shape index (κ1) is 15.7. The summed E-state index contributed by atoms with van der Waals surface area (Å²) in [4.78, 5) is 0. The van der Waals surface area contributed by atoms with E-state index in [1.54, 1.807) is 0 Å². The summed E-state index contributed by atoms with van der Waals surface area (Å²) in [7, 11) is 0. The molecule has 0 radical (unpaired) electrons. The van der Waals surface area contributed by atoms with Gasteiger partial charge in [-0.25, -0.2) is 0 Å². The Balaban J connectivity index is 2.21. The van der Waals surface area contributed by atoms with E-state index in [1.807, 2.05) is 81.4 Å². The molecule has 1 aliphatic heterocycles. The second kappa shape index (κ2) is 5.81. The highest BCUT2D eigenvalue weighted by atomic mass is 16.8. The Bertz CT molecular complexity index is 664. The van der Waals surface area contributed by atoms with Gasteiger partial charge in [-0.3, -0.25) is 0 Å². The third kappa shape index (κ3) is 2.65. The average Bonchev–Trinajstić information content (AvgIpc) is 2.84. The molecule has 1 fully saturated rings. The van der Waals surface area contributed by atoms with Gasteiger partial charge in [0.15, 0.2) is 5.79 Å². The number of nitriles is 1. The fraction of sp³-hybridized carbons (Fsp3) is 0.350. The molecule has 0 N–H and O–H groups in total. The fourth-order valence-electron chi connectivity index (χ4n) is 3.47. The molecule has 2 aromatic rings. The lowest BCUT2D eigenvalue weighted by Gasteiger charge is -2.34. The van der Waals surface area contributed by atoms with Crippen molar-refractivity contribution in [1.82, 2.24) is 0 Å². The normalized spacial score (nSPS) is 23.4. The van der Waals surface area contributed by atoms with E-state index in [0.29, 0.717) is 0 Å². The van der Waals surface area contributed by atoms with Gasteiger partial charge >= 0.3 is 0 Å². The van der Waals surface area contributed by atoms with Gasteiger partial charge in [0.05, 0.1) is 12.2 Å². The van der Waals surface area contributed by atoms with Crippen LogP contribution in [0, 0.1) is 11.3 Å². The van der Waals surface area contributed by atoms with E-state index in [9.17, 15) is 5.26 Å². The van der Waals surface area contributed by atoms with Crippen LogP contribution in [0.5, 0.6) is 0 Å². The molecular weight excluding hydrogens is 286 g/mol. The molecule has 2 atom stereocenters. The first-order chi connectivity index (χ1) is 11.0. The van der Waals surface area contributed by atoms with Crippen molar-refractivity contribution in [2.24, 2.45) is 0 Å². The van der Waals surface area contributed by atoms with Crippen LogP contribution in [0.15, 0.2) is 60.7 Å². The molecule has 0 bridgehead atoms. The van der Waals surface area contributed by atoms with Crippen LogP contribution in [0.2, 0.25) is 0 Å². The van der Waals surface area contributed by atoms with Gasteiger partial charge in [-0.05, 0) is 31.9 Å². The Morgan fingerprint density at radius 1 is 0.913 bits per heavy atom. The van der Waals surface area contributed by atoms with Crippen LogP contribution < -0.4 is 0 Å². The number of benzene rings is 2. The number of hydrogen-bond acceptors (Lipinski definition) is 3. The first-order valence-corrected chi connectivity index (χ1v) is 7.87. The van der Waals surface area contributed by atoms with Crippen LogP contribution in [0.4, 0.5) is 0 Å². The molecule has 3 heteroatoms. The highest BCUT2D eigenvalue weighted by molar-refractivity contribution is 5.48. The standard InChI is InChI=1S/C20H21NO2/c1-15-18(23-19(2,3)22-15)20(14-21,16-10-6-4-7-11-16)17-12-8-5-9-13-17/h4-13,15,18H,1-3H3/t15-,18+/m0/s1. The van der Waals surface area contributed by atoms with Gasteiger partial charge in [-0.2, -0.15) is 5.26 Å². The summed E-state index contributed by atoms with van der Waals surface area (Å²) in [5, 5.41) is 10.2. The number of nitrogens with zero attached hydrogens (tertiary/aromatic N) is 1. The molecule has 0 spiro atoms. The second-order valence-electron chi connectivity index (χ2n) is 6.41. The lowest BCUT2D eigenvalue weighted by molar-refractivity contribution is -0.148. The van der Waals surface area contributed by atoms with E-state index in [4.69, 9.17) is 9.47 Å². The summed E-state index contributed by atoms with van der Waals surface area (Å²) < 4.78 is 12.1. The molecule has 23 heavy (non-hydrogen) atoms. The maximum Gasteiger partial charge on any atom is 0.163 e. The lowest BCUT2D eigenvalue weighted by atomic mass is 9.70. The highest BCUT2D eigenvalue weighted by Crippen LogP contribution is 2.44. The maximum atomic E-state index is 10.2.